The molecule has 2 unspecified atom stereocenters. The number of benzene rings is 1. The molecule has 4 nitrogen and oxygen atoms in total. The molecule has 2 aliphatic rings. The van der Waals surface area contributed by atoms with E-state index in [1.165, 1.54) is 0 Å². The zero-order valence-electron chi connectivity index (χ0n) is 13.1. The zero-order valence-corrected chi connectivity index (χ0v) is 13.1. The molecule has 2 bridgehead atoms. The highest BCUT2D eigenvalue weighted by Crippen LogP contribution is 2.65. The molecule has 22 heavy (non-hydrogen) atoms. The first-order valence-electron chi connectivity index (χ1n) is 7.73. The molecule has 0 aliphatic heterocycles. The number of nitrogens with one attached hydrogen (secondary N) is 2. The molecule has 2 atom stereocenters. The van der Waals surface area contributed by atoms with Crippen LogP contribution < -0.4 is 10.9 Å². The summed E-state index contributed by atoms with van der Waals surface area (Å²) in [6, 6.07) is 8.85. The van der Waals surface area contributed by atoms with E-state index in [0.29, 0.717) is 11.5 Å². The van der Waals surface area contributed by atoms with E-state index in [4.69, 9.17) is 0 Å². The van der Waals surface area contributed by atoms with Crippen molar-refractivity contribution in [3.8, 4) is 0 Å². The van der Waals surface area contributed by atoms with Gasteiger partial charge in [-0.3, -0.25) is 20.4 Å². The number of carbonyl (C=O) groups is 2. The highest BCUT2D eigenvalue weighted by Gasteiger charge is 2.60. The van der Waals surface area contributed by atoms with Crippen molar-refractivity contribution < 1.29 is 9.59 Å². The van der Waals surface area contributed by atoms with Crippen molar-refractivity contribution in [2.75, 3.05) is 0 Å². The van der Waals surface area contributed by atoms with Crippen LogP contribution in [0.4, 0.5) is 0 Å². The van der Waals surface area contributed by atoms with Gasteiger partial charge in [-0.2, -0.15) is 0 Å². The minimum atomic E-state index is -0.516. The topological polar surface area (TPSA) is 58.2 Å². The minimum Gasteiger partial charge on any atom is -0.272 e. The van der Waals surface area contributed by atoms with Gasteiger partial charge in [-0.25, -0.2) is 0 Å². The van der Waals surface area contributed by atoms with Gasteiger partial charge in [0.15, 0.2) is 0 Å². The third-order valence-electron chi connectivity index (χ3n) is 5.65. The van der Waals surface area contributed by atoms with Gasteiger partial charge in [0.2, 0.25) is 5.91 Å². The van der Waals surface area contributed by atoms with Crippen molar-refractivity contribution in [3.63, 3.8) is 0 Å². The highest BCUT2D eigenvalue weighted by atomic mass is 16.2. The van der Waals surface area contributed by atoms with Crippen LogP contribution in [0.3, 0.4) is 0 Å². The second-order valence-corrected chi connectivity index (χ2v) is 7.00. The standard InChI is InChI=1S/C18H22N2O2/c1-12-17(2,3)14-9-10-18(12,11-14)16(22)20-19-15(21)13-7-5-4-6-8-13/h4-8,14H,1,9-11H2,2-3H3,(H,19,21)(H,20,22). The molecule has 0 aromatic heterocycles. The normalized spacial score (nSPS) is 28.5. The SMILES string of the molecule is C=C1C2(C(=O)NNC(=O)c3ccccc3)CCC(C2)C1(C)C. The maximum Gasteiger partial charge on any atom is 0.269 e. The Labute approximate surface area is 131 Å². The molecule has 0 radical (unpaired) electrons. The van der Waals surface area contributed by atoms with E-state index in [2.05, 4.69) is 31.3 Å². The van der Waals surface area contributed by atoms with Gasteiger partial charge in [0.1, 0.15) is 0 Å². The van der Waals surface area contributed by atoms with Crippen LogP contribution in [0.1, 0.15) is 43.5 Å². The monoisotopic (exact) mass is 298 g/mol. The fraction of sp³-hybridized carbons (Fsp3) is 0.444. The second-order valence-electron chi connectivity index (χ2n) is 7.00. The van der Waals surface area contributed by atoms with Gasteiger partial charge < -0.3 is 0 Å². The Bertz CT molecular complexity index is 636. The molecule has 2 fully saturated rings. The molecule has 0 saturated heterocycles. The molecule has 2 amide bonds. The fourth-order valence-electron chi connectivity index (χ4n) is 4.04. The van der Waals surface area contributed by atoms with Gasteiger partial charge >= 0.3 is 0 Å². The molecule has 4 heteroatoms. The van der Waals surface area contributed by atoms with Crippen LogP contribution in [0.2, 0.25) is 0 Å². The maximum atomic E-state index is 12.7. The number of carbonyl (C=O) groups excluding carboxylic acids is 2. The summed E-state index contributed by atoms with van der Waals surface area (Å²) in [4.78, 5) is 24.7. The summed E-state index contributed by atoms with van der Waals surface area (Å²) in [7, 11) is 0. The van der Waals surface area contributed by atoms with Crippen LogP contribution in [0.15, 0.2) is 42.5 Å². The average molecular weight is 298 g/mol. The van der Waals surface area contributed by atoms with Gasteiger partial charge in [-0.1, -0.05) is 44.2 Å². The van der Waals surface area contributed by atoms with Crippen LogP contribution in [0.25, 0.3) is 0 Å². The Morgan fingerprint density at radius 3 is 2.45 bits per heavy atom. The molecule has 116 valence electrons. The molecule has 0 spiro atoms. The third kappa shape index (κ3) is 2.05. The summed E-state index contributed by atoms with van der Waals surface area (Å²) < 4.78 is 0. The average Bonchev–Trinajstić information content (AvgIpc) is 3.05. The summed E-state index contributed by atoms with van der Waals surface area (Å²) in [5.41, 5.74) is 6.14. The van der Waals surface area contributed by atoms with Crippen molar-refractivity contribution in [2.24, 2.45) is 16.7 Å². The number of amides is 2. The fourth-order valence-corrected chi connectivity index (χ4v) is 4.04. The molecule has 2 aliphatic carbocycles. The molecule has 2 saturated carbocycles. The summed E-state index contributed by atoms with van der Waals surface area (Å²) in [5, 5.41) is 0. The van der Waals surface area contributed by atoms with E-state index in [1.54, 1.807) is 24.3 Å². The van der Waals surface area contributed by atoms with Crippen molar-refractivity contribution in [1.29, 1.82) is 0 Å². The lowest BCUT2D eigenvalue weighted by molar-refractivity contribution is -0.129. The smallest absolute Gasteiger partial charge is 0.269 e. The second kappa shape index (κ2) is 4.97. The number of rotatable bonds is 2. The van der Waals surface area contributed by atoms with E-state index in [0.717, 1.165) is 24.8 Å². The van der Waals surface area contributed by atoms with Gasteiger partial charge in [0.25, 0.3) is 5.91 Å². The number of hydrazine groups is 1. The molecule has 2 N–H and O–H groups in total. The van der Waals surface area contributed by atoms with Crippen LogP contribution >= 0.6 is 0 Å². The maximum absolute atomic E-state index is 12.7. The highest BCUT2D eigenvalue weighted by molar-refractivity contribution is 5.96. The van der Waals surface area contributed by atoms with Crippen molar-refractivity contribution in [3.05, 3.63) is 48.0 Å². The van der Waals surface area contributed by atoms with Gasteiger partial charge in [0.05, 0.1) is 5.41 Å². The first kappa shape index (κ1) is 14.8. The lowest BCUT2D eigenvalue weighted by atomic mass is 9.68. The Balaban J connectivity index is 1.68. The number of fused-ring (bicyclic) bond motifs is 2. The van der Waals surface area contributed by atoms with E-state index in [9.17, 15) is 9.59 Å². The van der Waals surface area contributed by atoms with Crippen LogP contribution in [0, 0.1) is 16.7 Å². The predicted molar refractivity (Wildman–Crippen MR) is 84.7 cm³/mol. The van der Waals surface area contributed by atoms with Crippen LogP contribution in [0.5, 0.6) is 0 Å². The summed E-state index contributed by atoms with van der Waals surface area (Å²) in [5.74, 6) is 0.0770. The van der Waals surface area contributed by atoms with E-state index in [1.807, 2.05) is 6.07 Å². The Morgan fingerprint density at radius 1 is 1.18 bits per heavy atom. The third-order valence-corrected chi connectivity index (χ3v) is 5.65. The predicted octanol–water partition coefficient (Wildman–Crippen LogP) is 2.83. The van der Waals surface area contributed by atoms with Crippen LogP contribution in [-0.2, 0) is 4.79 Å². The Morgan fingerprint density at radius 2 is 1.86 bits per heavy atom. The molecule has 1 aromatic carbocycles. The molecule has 0 heterocycles. The molecular formula is C18H22N2O2. The largest absolute Gasteiger partial charge is 0.272 e. The van der Waals surface area contributed by atoms with E-state index in [-0.39, 0.29) is 17.2 Å². The number of hydrogen-bond donors (Lipinski definition) is 2. The van der Waals surface area contributed by atoms with E-state index < -0.39 is 5.41 Å². The molecule has 3 rings (SSSR count). The quantitative estimate of drug-likeness (QED) is 0.651. The summed E-state index contributed by atoms with van der Waals surface area (Å²) in [6.07, 6.45) is 2.71. The first-order chi connectivity index (χ1) is 10.4. The Kier molecular flexibility index (Phi) is 3.35. The van der Waals surface area contributed by atoms with Crippen LogP contribution in [-0.4, -0.2) is 11.8 Å². The Hall–Kier alpha value is -2.10. The van der Waals surface area contributed by atoms with Gasteiger partial charge in [-0.15, -0.1) is 0 Å². The van der Waals surface area contributed by atoms with Crippen molar-refractivity contribution in [1.82, 2.24) is 10.9 Å². The van der Waals surface area contributed by atoms with E-state index >= 15 is 0 Å². The lowest BCUT2D eigenvalue weighted by Crippen LogP contribution is -2.49. The summed E-state index contributed by atoms with van der Waals surface area (Å²) >= 11 is 0. The van der Waals surface area contributed by atoms with Gasteiger partial charge in [-0.05, 0) is 42.7 Å². The first-order valence-corrected chi connectivity index (χ1v) is 7.73. The summed E-state index contributed by atoms with van der Waals surface area (Å²) in [6.45, 7) is 8.52. The van der Waals surface area contributed by atoms with Gasteiger partial charge in [0, 0.05) is 5.56 Å². The molecule has 1 aromatic rings. The van der Waals surface area contributed by atoms with Crippen molar-refractivity contribution in [2.45, 2.75) is 33.1 Å². The van der Waals surface area contributed by atoms with Crippen molar-refractivity contribution >= 4 is 11.8 Å². The lowest BCUT2D eigenvalue weighted by Gasteiger charge is -2.37. The number of hydrogen-bond acceptors (Lipinski definition) is 2. The zero-order chi connectivity index (χ0) is 16.0. The minimum absolute atomic E-state index is 0.000963. The molecular weight excluding hydrogens is 276 g/mol.